The molecule has 1 aliphatic rings. The third kappa shape index (κ3) is 3.87. The molecule has 9 heteroatoms. The Hall–Kier alpha value is -3.22. The maximum absolute atomic E-state index is 12.9. The zero-order valence-corrected chi connectivity index (χ0v) is 18.9. The number of aromatic nitrogens is 2. The SMILES string of the molecule is CC(Sc1nc(-c2ccco2)c(-c2ccco2)[nH]1)C(=O)Nc1sc2c(c1C#N)CCCC2. The van der Waals surface area contributed by atoms with Crippen molar-refractivity contribution < 1.29 is 13.6 Å². The van der Waals surface area contributed by atoms with Crippen LogP contribution in [0.4, 0.5) is 5.00 Å². The van der Waals surface area contributed by atoms with E-state index in [0.717, 1.165) is 31.2 Å². The van der Waals surface area contributed by atoms with Gasteiger partial charge >= 0.3 is 0 Å². The van der Waals surface area contributed by atoms with Crippen LogP contribution in [0, 0.1) is 11.3 Å². The van der Waals surface area contributed by atoms with Gasteiger partial charge in [-0.05, 0) is 62.4 Å². The number of carbonyl (C=O) groups excluding carboxylic acids is 1. The Morgan fingerprint density at radius 3 is 2.72 bits per heavy atom. The molecule has 7 nitrogen and oxygen atoms in total. The first-order chi connectivity index (χ1) is 15.6. The lowest BCUT2D eigenvalue weighted by Crippen LogP contribution is -2.22. The summed E-state index contributed by atoms with van der Waals surface area (Å²) < 4.78 is 11.1. The van der Waals surface area contributed by atoms with E-state index >= 15 is 0 Å². The molecule has 4 aromatic heterocycles. The Balaban J connectivity index is 1.36. The van der Waals surface area contributed by atoms with Gasteiger partial charge in [0, 0.05) is 4.88 Å². The van der Waals surface area contributed by atoms with E-state index in [1.54, 1.807) is 24.7 Å². The van der Waals surface area contributed by atoms with Crippen LogP contribution in [0.3, 0.4) is 0 Å². The number of hydrogen-bond donors (Lipinski definition) is 2. The van der Waals surface area contributed by atoms with Crippen molar-refractivity contribution in [2.45, 2.75) is 43.0 Å². The Bertz CT molecular complexity index is 1230. The second-order valence-corrected chi connectivity index (χ2v) is 9.93. The van der Waals surface area contributed by atoms with Gasteiger partial charge in [-0.3, -0.25) is 4.79 Å². The van der Waals surface area contributed by atoms with Gasteiger partial charge < -0.3 is 19.1 Å². The molecule has 0 spiro atoms. The quantitative estimate of drug-likeness (QED) is 0.346. The molecule has 32 heavy (non-hydrogen) atoms. The summed E-state index contributed by atoms with van der Waals surface area (Å²) in [6.45, 7) is 1.82. The van der Waals surface area contributed by atoms with Crippen molar-refractivity contribution in [3.63, 3.8) is 0 Å². The van der Waals surface area contributed by atoms with Crippen molar-refractivity contribution in [2.24, 2.45) is 0 Å². The molecule has 0 saturated heterocycles. The van der Waals surface area contributed by atoms with Crippen molar-refractivity contribution >= 4 is 34.0 Å². The first-order valence-corrected chi connectivity index (χ1v) is 12.0. The number of nitrogens with zero attached hydrogens (tertiary/aromatic N) is 2. The second-order valence-electron chi connectivity index (χ2n) is 7.50. The first-order valence-electron chi connectivity index (χ1n) is 10.3. The molecule has 0 radical (unpaired) electrons. The van der Waals surface area contributed by atoms with Crippen molar-refractivity contribution in [1.29, 1.82) is 5.26 Å². The summed E-state index contributed by atoms with van der Waals surface area (Å²) in [5.74, 6) is 1.08. The largest absolute Gasteiger partial charge is 0.463 e. The molecule has 0 aromatic carbocycles. The van der Waals surface area contributed by atoms with E-state index < -0.39 is 5.25 Å². The van der Waals surface area contributed by atoms with Crippen LogP contribution in [0.2, 0.25) is 0 Å². The molecular formula is C23H20N4O3S2. The average molecular weight is 465 g/mol. The van der Waals surface area contributed by atoms with Gasteiger partial charge in [0.15, 0.2) is 16.7 Å². The summed E-state index contributed by atoms with van der Waals surface area (Å²) in [6, 6.07) is 9.56. The molecular weight excluding hydrogens is 444 g/mol. The Kier molecular flexibility index (Phi) is 5.64. The topological polar surface area (TPSA) is 108 Å². The van der Waals surface area contributed by atoms with Crippen molar-refractivity contribution in [3.05, 3.63) is 52.8 Å². The zero-order chi connectivity index (χ0) is 22.1. The molecule has 0 bridgehead atoms. The lowest BCUT2D eigenvalue weighted by Gasteiger charge is -2.10. The standard InChI is InChI=1S/C23H20N4O3S2/c1-13(21(28)27-22-15(12-24)14-6-2-3-9-18(14)32-22)31-23-25-19(16-7-4-10-29-16)20(26-23)17-8-5-11-30-17/h4-5,7-8,10-11,13H,2-3,6,9H2,1H3,(H,25,26)(H,27,28). The van der Waals surface area contributed by atoms with Crippen LogP contribution >= 0.6 is 23.1 Å². The zero-order valence-electron chi connectivity index (χ0n) is 17.3. The number of imidazole rings is 1. The van der Waals surface area contributed by atoms with E-state index in [4.69, 9.17) is 8.83 Å². The number of thioether (sulfide) groups is 1. The highest BCUT2D eigenvalue weighted by molar-refractivity contribution is 8.00. The number of rotatable bonds is 6. The monoisotopic (exact) mass is 464 g/mol. The molecule has 0 aliphatic heterocycles. The fourth-order valence-corrected chi connectivity index (χ4v) is 5.85. The predicted molar refractivity (Wildman–Crippen MR) is 124 cm³/mol. The van der Waals surface area contributed by atoms with Gasteiger partial charge in [0.1, 0.15) is 22.5 Å². The smallest absolute Gasteiger partial charge is 0.238 e. The summed E-state index contributed by atoms with van der Waals surface area (Å²) in [5, 5.41) is 13.4. The minimum Gasteiger partial charge on any atom is -0.463 e. The fraction of sp³-hybridized carbons (Fsp3) is 0.261. The summed E-state index contributed by atoms with van der Waals surface area (Å²) in [4.78, 5) is 22.1. The third-order valence-corrected chi connectivity index (χ3v) is 7.57. The Labute approximate surface area is 192 Å². The number of hydrogen-bond acceptors (Lipinski definition) is 7. The molecule has 162 valence electrons. The predicted octanol–water partition coefficient (Wildman–Crippen LogP) is 5.86. The molecule has 1 unspecified atom stereocenters. The number of thiophene rings is 1. The second kappa shape index (κ2) is 8.73. The highest BCUT2D eigenvalue weighted by Crippen LogP contribution is 2.38. The number of carbonyl (C=O) groups is 1. The van der Waals surface area contributed by atoms with E-state index in [2.05, 4.69) is 21.4 Å². The number of anilines is 1. The number of furan rings is 2. The number of aromatic amines is 1. The lowest BCUT2D eigenvalue weighted by atomic mass is 9.96. The van der Waals surface area contributed by atoms with Crippen LogP contribution in [0.1, 0.15) is 35.8 Å². The number of fused-ring (bicyclic) bond motifs is 1. The van der Waals surface area contributed by atoms with Crippen LogP contribution in [0.25, 0.3) is 22.9 Å². The summed E-state index contributed by atoms with van der Waals surface area (Å²) in [7, 11) is 0. The minimum atomic E-state index is -0.430. The van der Waals surface area contributed by atoms with E-state index in [9.17, 15) is 10.1 Å². The maximum Gasteiger partial charge on any atom is 0.238 e. The van der Waals surface area contributed by atoms with Crippen molar-refractivity contribution in [2.75, 3.05) is 5.32 Å². The number of amides is 1. The van der Waals surface area contributed by atoms with Gasteiger partial charge in [-0.2, -0.15) is 5.26 Å². The van der Waals surface area contributed by atoms with Crippen molar-refractivity contribution in [3.8, 4) is 29.0 Å². The van der Waals surface area contributed by atoms with E-state index in [1.165, 1.54) is 28.0 Å². The van der Waals surface area contributed by atoms with Crippen LogP contribution < -0.4 is 5.32 Å². The molecule has 1 amide bonds. The molecule has 1 atom stereocenters. The van der Waals surface area contributed by atoms with Gasteiger partial charge in [0.25, 0.3) is 0 Å². The number of H-pyrrole nitrogens is 1. The van der Waals surface area contributed by atoms with Gasteiger partial charge in [0.05, 0.1) is 23.3 Å². The highest BCUT2D eigenvalue weighted by Gasteiger charge is 2.25. The highest BCUT2D eigenvalue weighted by atomic mass is 32.2. The van der Waals surface area contributed by atoms with Crippen LogP contribution in [0.5, 0.6) is 0 Å². The number of nitrogens with one attached hydrogen (secondary N) is 2. The Morgan fingerprint density at radius 2 is 2.00 bits per heavy atom. The van der Waals surface area contributed by atoms with Gasteiger partial charge in [-0.15, -0.1) is 11.3 Å². The maximum atomic E-state index is 12.9. The summed E-state index contributed by atoms with van der Waals surface area (Å²) >= 11 is 2.84. The average Bonchev–Trinajstić information content (AvgIpc) is 3.59. The van der Waals surface area contributed by atoms with Gasteiger partial charge in [-0.1, -0.05) is 11.8 Å². The molecule has 0 saturated carbocycles. The summed E-state index contributed by atoms with van der Waals surface area (Å²) in [5.41, 5.74) is 3.04. The number of nitriles is 1. The molecule has 5 rings (SSSR count). The Morgan fingerprint density at radius 1 is 1.25 bits per heavy atom. The van der Waals surface area contributed by atoms with E-state index in [0.29, 0.717) is 38.6 Å². The molecule has 1 aliphatic carbocycles. The third-order valence-electron chi connectivity index (χ3n) is 5.38. The van der Waals surface area contributed by atoms with Gasteiger partial charge in [0.2, 0.25) is 5.91 Å². The van der Waals surface area contributed by atoms with Crippen molar-refractivity contribution in [1.82, 2.24) is 9.97 Å². The molecule has 0 fully saturated rings. The lowest BCUT2D eigenvalue weighted by molar-refractivity contribution is -0.115. The summed E-state index contributed by atoms with van der Waals surface area (Å²) in [6.07, 6.45) is 7.29. The van der Waals surface area contributed by atoms with E-state index in [1.807, 2.05) is 19.1 Å². The molecule has 4 heterocycles. The minimum absolute atomic E-state index is 0.166. The molecule has 4 aromatic rings. The van der Waals surface area contributed by atoms with E-state index in [-0.39, 0.29) is 5.91 Å². The first kappa shape index (κ1) is 20.7. The normalized spacial score (nSPS) is 14.0. The van der Waals surface area contributed by atoms with Crippen LogP contribution in [-0.2, 0) is 17.6 Å². The van der Waals surface area contributed by atoms with Crippen LogP contribution in [0.15, 0.2) is 50.8 Å². The fourth-order valence-electron chi connectivity index (χ4n) is 3.80. The van der Waals surface area contributed by atoms with Crippen LogP contribution in [-0.4, -0.2) is 21.1 Å². The molecule has 2 N–H and O–H groups in total. The van der Waals surface area contributed by atoms with Gasteiger partial charge in [-0.25, -0.2) is 4.98 Å². The number of aryl methyl sites for hydroxylation is 1.